The van der Waals surface area contributed by atoms with Crippen LogP contribution in [0.15, 0.2) is 0 Å². The van der Waals surface area contributed by atoms with Gasteiger partial charge in [-0.2, -0.15) is 11.8 Å². The third kappa shape index (κ3) is 10.4. The molecule has 0 saturated heterocycles. The Bertz CT molecular complexity index is 106. The molecule has 0 fully saturated rings. The number of hydrogen-bond donors (Lipinski definition) is 1. The predicted octanol–water partition coefficient (Wildman–Crippen LogP) is 3.69. The topological polar surface area (TPSA) is 12.0 Å². The van der Waals surface area contributed by atoms with E-state index in [-0.39, 0.29) is 0 Å². The standard InChI is InChI=1S/C12H27NS/c1-4-5-6-7-8-9-12(2)13-10-11-14-3/h12-13H,4-11H2,1-3H3. The van der Waals surface area contributed by atoms with E-state index in [1.807, 2.05) is 11.8 Å². The molecule has 2 heteroatoms. The number of thioether (sulfide) groups is 1. The molecule has 0 aliphatic rings. The van der Waals surface area contributed by atoms with Crippen LogP contribution in [0.1, 0.15) is 52.4 Å². The average Bonchev–Trinajstić information content (AvgIpc) is 2.18. The predicted molar refractivity (Wildman–Crippen MR) is 69.2 cm³/mol. The molecule has 14 heavy (non-hydrogen) atoms. The highest BCUT2D eigenvalue weighted by atomic mass is 32.2. The monoisotopic (exact) mass is 217 g/mol. The molecule has 86 valence electrons. The summed E-state index contributed by atoms with van der Waals surface area (Å²) in [6.45, 7) is 5.74. The van der Waals surface area contributed by atoms with Crippen molar-refractivity contribution in [3.63, 3.8) is 0 Å². The molecule has 1 atom stereocenters. The molecule has 0 aromatic carbocycles. The van der Waals surface area contributed by atoms with Gasteiger partial charge in [-0.15, -0.1) is 0 Å². The minimum Gasteiger partial charge on any atom is -0.313 e. The normalized spacial score (nSPS) is 13.1. The summed E-state index contributed by atoms with van der Waals surface area (Å²) in [5.74, 6) is 1.24. The van der Waals surface area contributed by atoms with Gasteiger partial charge in [0.15, 0.2) is 0 Å². The van der Waals surface area contributed by atoms with Crippen molar-refractivity contribution in [3.8, 4) is 0 Å². The van der Waals surface area contributed by atoms with Gasteiger partial charge in [0, 0.05) is 18.3 Å². The summed E-state index contributed by atoms with van der Waals surface area (Å²) in [5, 5.41) is 3.55. The van der Waals surface area contributed by atoms with Gasteiger partial charge in [-0.3, -0.25) is 0 Å². The number of unbranched alkanes of at least 4 members (excludes halogenated alkanes) is 4. The highest BCUT2D eigenvalue weighted by molar-refractivity contribution is 7.98. The summed E-state index contributed by atoms with van der Waals surface area (Å²) < 4.78 is 0. The Morgan fingerprint density at radius 2 is 1.86 bits per heavy atom. The zero-order valence-corrected chi connectivity index (χ0v) is 11.0. The van der Waals surface area contributed by atoms with E-state index in [0.717, 1.165) is 6.54 Å². The van der Waals surface area contributed by atoms with Crippen LogP contribution in [0.4, 0.5) is 0 Å². The number of rotatable bonds is 10. The largest absolute Gasteiger partial charge is 0.313 e. The van der Waals surface area contributed by atoms with Crippen molar-refractivity contribution in [3.05, 3.63) is 0 Å². The highest BCUT2D eigenvalue weighted by Crippen LogP contribution is 2.06. The molecule has 1 unspecified atom stereocenters. The first kappa shape index (κ1) is 14.3. The summed E-state index contributed by atoms with van der Waals surface area (Å²) in [6.07, 6.45) is 10.5. The summed E-state index contributed by atoms with van der Waals surface area (Å²) in [4.78, 5) is 0. The van der Waals surface area contributed by atoms with E-state index in [1.54, 1.807) is 0 Å². The van der Waals surface area contributed by atoms with Gasteiger partial charge in [0.05, 0.1) is 0 Å². The van der Waals surface area contributed by atoms with Crippen LogP contribution in [0.25, 0.3) is 0 Å². The van der Waals surface area contributed by atoms with Gasteiger partial charge in [0.25, 0.3) is 0 Å². The zero-order chi connectivity index (χ0) is 10.6. The van der Waals surface area contributed by atoms with Crippen LogP contribution in [-0.2, 0) is 0 Å². The van der Waals surface area contributed by atoms with Crippen molar-refractivity contribution in [1.29, 1.82) is 0 Å². The van der Waals surface area contributed by atoms with Crippen molar-refractivity contribution in [1.82, 2.24) is 5.32 Å². The van der Waals surface area contributed by atoms with E-state index in [4.69, 9.17) is 0 Å². The fraction of sp³-hybridized carbons (Fsp3) is 1.00. The Kier molecular flexibility index (Phi) is 11.6. The molecule has 1 nitrogen and oxygen atoms in total. The van der Waals surface area contributed by atoms with Crippen LogP contribution in [0.5, 0.6) is 0 Å². The quantitative estimate of drug-likeness (QED) is 0.560. The maximum absolute atomic E-state index is 3.55. The Labute approximate surface area is 94.4 Å². The van der Waals surface area contributed by atoms with Crippen molar-refractivity contribution in [2.45, 2.75) is 58.4 Å². The molecule has 0 amide bonds. The number of nitrogens with one attached hydrogen (secondary N) is 1. The van der Waals surface area contributed by atoms with Gasteiger partial charge in [-0.05, 0) is 19.6 Å². The van der Waals surface area contributed by atoms with Crippen LogP contribution in [0.3, 0.4) is 0 Å². The van der Waals surface area contributed by atoms with Crippen LogP contribution < -0.4 is 5.32 Å². The van der Waals surface area contributed by atoms with Crippen LogP contribution in [0.2, 0.25) is 0 Å². The van der Waals surface area contributed by atoms with Crippen LogP contribution in [-0.4, -0.2) is 24.6 Å². The minimum absolute atomic E-state index is 0.712. The van der Waals surface area contributed by atoms with Gasteiger partial charge < -0.3 is 5.32 Å². The lowest BCUT2D eigenvalue weighted by Gasteiger charge is -2.12. The molecule has 0 rings (SSSR count). The van der Waals surface area contributed by atoms with Gasteiger partial charge in [-0.25, -0.2) is 0 Å². The molecular weight excluding hydrogens is 190 g/mol. The second-order valence-electron chi connectivity index (χ2n) is 4.05. The summed E-state index contributed by atoms with van der Waals surface area (Å²) in [5.41, 5.74) is 0. The summed E-state index contributed by atoms with van der Waals surface area (Å²) in [7, 11) is 0. The number of hydrogen-bond acceptors (Lipinski definition) is 2. The Balaban J connectivity index is 3.06. The molecule has 0 aromatic heterocycles. The molecule has 0 spiro atoms. The Morgan fingerprint density at radius 3 is 2.50 bits per heavy atom. The van der Waals surface area contributed by atoms with E-state index >= 15 is 0 Å². The minimum atomic E-state index is 0.712. The lowest BCUT2D eigenvalue weighted by Crippen LogP contribution is -2.27. The van der Waals surface area contributed by atoms with Gasteiger partial charge >= 0.3 is 0 Å². The lowest BCUT2D eigenvalue weighted by atomic mass is 10.1. The first-order valence-electron chi connectivity index (χ1n) is 6.03. The fourth-order valence-electron chi connectivity index (χ4n) is 1.56. The molecule has 0 aliphatic heterocycles. The van der Waals surface area contributed by atoms with Crippen LogP contribution >= 0.6 is 11.8 Å². The lowest BCUT2D eigenvalue weighted by molar-refractivity contribution is 0.493. The molecule has 0 aliphatic carbocycles. The Hall–Kier alpha value is 0.310. The SMILES string of the molecule is CCCCCCCC(C)NCCSC. The van der Waals surface area contributed by atoms with Gasteiger partial charge in [0.1, 0.15) is 0 Å². The second-order valence-corrected chi connectivity index (χ2v) is 5.04. The Morgan fingerprint density at radius 1 is 1.14 bits per heavy atom. The maximum atomic E-state index is 3.55. The van der Waals surface area contributed by atoms with E-state index in [0.29, 0.717) is 6.04 Å². The third-order valence-electron chi connectivity index (χ3n) is 2.54. The molecule has 0 radical (unpaired) electrons. The zero-order valence-electron chi connectivity index (χ0n) is 10.1. The van der Waals surface area contributed by atoms with Crippen molar-refractivity contribution in [2.24, 2.45) is 0 Å². The van der Waals surface area contributed by atoms with E-state index < -0.39 is 0 Å². The second kappa shape index (κ2) is 11.4. The first-order chi connectivity index (χ1) is 6.81. The third-order valence-corrected chi connectivity index (χ3v) is 3.15. The average molecular weight is 217 g/mol. The van der Waals surface area contributed by atoms with Gasteiger partial charge in [0.2, 0.25) is 0 Å². The van der Waals surface area contributed by atoms with Crippen LogP contribution in [0, 0.1) is 0 Å². The molecule has 0 saturated carbocycles. The van der Waals surface area contributed by atoms with E-state index in [9.17, 15) is 0 Å². The first-order valence-corrected chi connectivity index (χ1v) is 7.43. The highest BCUT2D eigenvalue weighted by Gasteiger charge is 1.99. The summed E-state index contributed by atoms with van der Waals surface area (Å²) in [6, 6.07) is 0.712. The molecule has 0 aromatic rings. The van der Waals surface area contributed by atoms with Crippen molar-refractivity contribution >= 4 is 11.8 Å². The van der Waals surface area contributed by atoms with E-state index in [2.05, 4.69) is 25.4 Å². The van der Waals surface area contributed by atoms with Crippen molar-refractivity contribution in [2.75, 3.05) is 18.6 Å². The molecule has 0 heterocycles. The smallest absolute Gasteiger partial charge is 0.00554 e. The fourth-order valence-corrected chi connectivity index (χ4v) is 1.89. The molecule has 1 N–H and O–H groups in total. The van der Waals surface area contributed by atoms with Crippen molar-refractivity contribution < 1.29 is 0 Å². The maximum Gasteiger partial charge on any atom is 0.00554 e. The summed E-state index contributed by atoms with van der Waals surface area (Å²) >= 11 is 1.92. The van der Waals surface area contributed by atoms with Gasteiger partial charge in [-0.1, -0.05) is 39.0 Å². The molecule has 0 bridgehead atoms. The van der Waals surface area contributed by atoms with E-state index in [1.165, 1.54) is 44.3 Å². The molecular formula is C12H27NS.